The topological polar surface area (TPSA) is 47.6 Å². The number of carbonyl (C=O) groups is 1. The first-order valence-electron chi connectivity index (χ1n) is 8.08. The van der Waals surface area contributed by atoms with E-state index in [1.807, 2.05) is 36.4 Å². The van der Waals surface area contributed by atoms with E-state index in [-0.39, 0.29) is 5.91 Å². The third-order valence-electron chi connectivity index (χ3n) is 3.78. The van der Waals surface area contributed by atoms with Gasteiger partial charge in [0.05, 0.1) is 7.11 Å². The van der Waals surface area contributed by atoms with E-state index in [1.54, 1.807) is 43.5 Å². The van der Waals surface area contributed by atoms with E-state index in [0.717, 1.165) is 11.3 Å². The molecule has 0 atom stereocenters. The van der Waals surface area contributed by atoms with Gasteiger partial charge in [-0.1, -0.05) is 23.7 Å². The van der Waals surface area contributed by atoms with Crippen molar-refractivity contribution in [1.29, 1.82) is 0 Å². The predicted molar refractivity (Wildman–Crippen MR) is 102 cm³/mol. The van der Waals surface area contributed by atoms with E-state index in [1.165, 1.54) is 0 Å². The molecule has 132 valence electrons. The van der Waals surface area contributed by atoms with Gasteiger partial charge < -0.3 is 14.8 Å². The average Bonchev–Trinajstić information content (AvgIpc) is 2.68. The molecule has 3 aromatic carbocycles. The van der Waals surface area contributed by atoms with Crippen LogP contribution < -0.4 is 14.8 Å². The zero-order valence-corrected chi connectivity index (χ0v) is 15.0. The second-order valence-electron chi connectivity index (χ2n) is 5.61. The van der Waals surface area contributed by atoms with Crippen LogP contribution in [0.2, 0.25) is 5.02 Å². The lowest BCUT2D eigenvalue weighted by molar-refractivity contribution is 0.0951. The highest BCUT2D eigenvalue weighted by atomic mass is 35.5. The molecule has 0 spiro atoms. The number of carbonyl (C=O) groups excluding carboxylic acids is 1. The lowest BCUT2D eigenvalue weighted by Crippen LogP contribution is -2.22. The number of methoxy groups -OCH3 is 1. The molecule has 0 aromatic heterocycles. The zero-order chi connectivity index (χ0) is 18.4. The van der Waals surface area contributed by atoms with Crippen LogP contribution in [-0.4, -0.2) is 13.0 Å². The molecule has 0 aliphatic rings. The van der Waals surface area contributed by atoms with Gasteiger partial charge in [0.25, 0.3) is 5.91 Å². The number of benzene rings is 3. The molecule has 0 aliphatic heterocycles. The number of rotatable bonds is 6. The average molecular weight is 368 g/mol. The number of ether oxygens (including phenoxy) is 2. The quantitative estimate of drug-likeness (QED) is 0.661. The minimum absolute atomic E-state index is 0.143. The van der Waals surface area contributed by atoms with Crippen molar-refractivity contribution in [2.24, 2.45) is 0 Å². The molecular weight excluding hydrogens is 350 g/mol. The van der Waals surface area contributed by atoms with Crippen LogP contribution in [0.15, 0.2) is 72.8 Å². The summed E-state index contributed by atoms with van der Waals surface area (Å²) in [6.07, 6.45) is 0. The van der Waals surface area contributed by atoms with Crippen LogP contribution in [0.4, 0.5) is 0 Å². The van der Waals surface area contributed by atoms with E-state index in [4.69, 9.17) is 21.1 Å². The van der Waals surface area contributed by atoms with Crippen LogP contribution in [-0.2, 0) is 6.54 Å². The first kappa shape index (κ1) is 17.8. The van der Waals surface area contributed by atoms with Crippen molar-refractivity contribution < 1.29 is 14.3 Å². The fraction of sp³-hybridized carbons (Fsp3) is 0.0952. The summed E-state index contributed by atoms with van der Waals surface area (Å²) in [6.45, 7) is 0.445. The molecule has 0 saturated heterocycles. The molecule has 1 N–H and O–H groups in total. The van der Waals surface area contributed by atoms with Crippen molar-refractivity contribution in [2.45, 2.75) is 6.54 Å². The van der Waals surface area contributed by atoms with Gasteiger partial charge in [-0.05, 0) is 66.2 Å². The maximum atomic E-state index is 12.2. The van der Waals surface area contributed by atoms with Crippen LogP contribution in [0.5, 0.6) is 17.2 Å². The SMILES string of the molecule is COc1ccc(Oc2ccc(C(=O)NCc3ccc(Cl)cc3)cc2)cc1. The maximum absolute atomic E-state index is 12.2. The summed E-state index contributed by atoms with van der Waals surface area (Å²) in [4.78, 5) is 12.2. The highest BCUT2D eigenvalue weighted by Crippen LogP contribution is 2.24. The largest absolute Gasteiger partial charge is 0.497 e. The Morgan fingerprint density at radius 2 is 1.38 bits per heavy atom. The Morgan fingerprint density at radius 3 is 1.96 bits per heavy atom. The van der Waals surface area contributed by atoms with Crippen LogP contribution >= 0.6 is 11.6 Å². The van der Waals surface area contributed by atoms with Gasteiger partial charge in [0.15, 0.2) is 0 Å². The fourth-order valence-electron chi connectivity index (χ4n) is 2.34. The summed E-state index contributed by atoms with van der Waals surface area (Å²) in [6, 6.07) is 21.7. The van der Waals surface area contributed by atoms with Crippen LogP contribution in [0.25, 0.3) is 0 Å². The fourth-order valence-corrected chi connectivity index (χ4v) is 2.47. The first-order valence-corrected chi connectivity index (χ1v) is 8.46. The lowest BCUT2D eigenvalue weighted by Gasteiger charge is -2.08. The van der Waals surface area contributed by atoms with Gasteiger partial charge in [-0.3, -0.25) is 4.79 Å². The molecule has 0 heterocycles. The van der Waals surface area contributed by atoms with Gasteiger partial charge in [-0.25, -0.2) is 0 Å². The highest BCUT2D eigenvalue weighted by Gasteiger charge is 2.06. The first-order chi connectivity index (χ1) is 12.6. The van der Waals surface area contributed by atoms with Crippen molar-refractivity contribution in [1.82, 2.24) is 5.32 Å². The Balaban J connectivity index is 1.57. The van der Waals surface area contributed by atoms with E-state index < -0.39 is 0 Å². The number of hydrogen-bond donors (Lipinski definition) is 1. The normalized spacial score (nSPS) is 10.2. The van der Waals surface area contributed by atoms with Gasteiger partial charge in [0, 0.05) is 17.1 Å². The van der Waals surface area contributed by atoms with E-state index in [2.05, 4.69) is 5.32 Å². The second-order valence-corrected chi connectivity index (χ2v) is 6.05. The molecule has 0 aliphatic carbocycles. The van der Waals surface area contributed by atoms with Crippen LogP contribution in [0.3, 0.4) is 0 Å². The monoisotopic (exact) mass is 367 g/mol. The molecule has 3 rings (SSSR count). The van der Waals surface area contributed by atoms with Crippen LogP contribution in [0, 0.1) is 0 Å². The molecule has 4 nitrogen and oxygen atoms in total. The van der Waals surface area contributed by atoms with Crippen molar-refractivity contribution in [3.8, 4) is 17.2 Å². The zero-order valence-electron chi connectivity index (χ0n) is 14.2. The predicted octanol–water partition coefficient (Wildman–Crippen LogP) is 5.07. The molecule has 3 aromatic rings. The van der Waals surface area contributed by atoms with Crippen molar-refractivity contribution in [3.05, 3.63) is 88.9 Å². The molecule has 1 amide bonds. The summed E-state index contributed by atoms with van der Waals surface area (Å²) in [5, 5.41) is 3.55. The van der Waals surface area contributed by atoms with E-state index in [9.17, 15) is 4.79 Å². The molecular formula is C21H18ClNO3. The Bertz CT molecular complexity index is 859. The van der Waals surface area contributed by atoms with Crippen molar-refractivity contribution >= 4 is 17.5 Å². The molecule has 0 radical (unpaired) electrons. The standard InChI is InChI=1S/C21H18ClNO3/c1-25-18-10-12-20(13-11-18)26-19-8-4-16(5-9-19)21(24)23-14-15-2-6-17(22)7-3-15/h2-13H,14H2,1H3,(H,23,24). The second kappa shape index (κ2) is 8.41. The van der Waals surface area contributed by atoms with E-state index in [0.29, 0.717) is 28.6 Å². The van der Waals surface area contributed by atoms with E-state index >= 15 is 0 Å². The smallest absolute Gasteiger partial charge is 0.251 e. The molecule has 0 bridgehead atoms. The summed E-state index contributed by atoms with van der Waals surface area (Å²) < 4.78 is 10.9. The van der Waals surface area contributed by atoms with Crippen molar-refractivity contribution in [3.63, 3.8) is 0 Å². The third-order valence-corrected chi connectivity index (χ3v) is 4.03. The van der Waals surface area contributed by atoms with Gasteiger partial charge >= 0.3 is 0 Å². The lowest BCUT2D eigenvalue weighted by atomic mass is 10.2. The highest BCUT2D eigenvalue weighted by molar-refractivity contribution is 6.30. The van der Waals surface area contributed by atoms with Crippen molar-refractivity contribution in [2.75, 3.05) is 7.11 Å². The summed E-state index contributed by atoms with van der Waals surface area (Å²) in [5.74, 6) is 1.98. The number of halogens is 1. The summed E-state index contributed by atoms with van der Waals surface area (Å²) >= 11 is 5.85. The Labute approximate surface area is 157 Å². The third kappa shape index (κ3) is 4.77. The molecule has 5 heteroatoms. The molecule has 0 unspecified atom stereocenters. The maximum Gasteiger partial charge on any atom is 0.251 e. The Morgan fingerprint density at radius 1 is 0.846 bits per heavy atom. The summed E-state index contributed by atoms with van der Waals surface area (Å²) in [7, 11) is 1.62. The Hall–Kier alpha value is -2.98. The minimum Gasteiger partial charge on any atom is -0.497 e. The Kier molecular flexibility index (Phi) is 5.77. The van der Waals surface area contributed by atoms with Gasteiger partial charge in [0.2, 0.25) is 0 Å². The van der Waals surface area contributed by atoms with Gasteiger partial charge in [0.1, 0.15) is 17.2 Å². The van der Waals surface area contributed by atoms with Gasteiger partial charge in [-0.15, -0.1) is 0 Å². The number of hydrogen-bond acceptors (Lipinski definition) is 3. The molecule has 0 saturated carbocycles. The summed E-state index contributed by atoms with van der Waals surface area (Å²) in [5.41, 5.74) is 1.56. The molecule has 26 heavy (non-hydrogen) atoms. The molecule has 0 fully saturated rings. The van der Waals surface area contributed by atoms with Gasteiger partial charge in [-0.2, -0.15) is 0 Å². The number of nitrogens with one attached hydrogen (secondary N) is 1. The van der Waals surface area contributed by atoms with Crippen LogP contribution in [0.1, 0.15) is 15.9 Å². The minimum atomic E-state index is -0.143. The number of amides is 1.